The van der Waals surface area contributed by atoms with Gasteiger partial charge in [0.2, 0.25) is 0 Å². The average molecular weight is 263 g/mol. The molecular weight excluding hydrogens is 250 g/mol. The normalized spacial score (nSPS) is 10.6. The summed E-state index contributed by atoms with van der Waals surface area (Å²) in [6.45, 7) is 0.305. The first-order chi connectivity index (χ1) is 9.67. The molecule has 0 aliphatic heterocycles. The maximum Gasteiger partial charge on any atom is 0.184 e. The van der Waals surface area contributed by atoms with Gasteiger partial charge in [0, 0.05) is 42.1 Å². The van der Waals surface area contributed by atoms with Crippen LogP contribution in [-0.2, 0) is 13.6 Å². The summed E-state index contributed by atoms with van der Waals surface area (Å²) in [5.41, 5.74) is 2.31. The molecule has 4 heteroatoms. The fraction of sp³-hybridized carbons (Fsp3) is 0.125. The Labute approximate surface area is 116 Å². The van der Waals surface area contributed by atoms with Crippen molar-refractivity contribution < 1.29 is 4.79 Å². The van der Waals surface area contributed by atoms with Crippen LogP contribution in [0.4, 0.5) is 0 Å². The highest BCUT2D eigenvalue weighted by Crippen LogP contribution is 2.18. The van der Waals surface area contributed by atoms with E-state index >= 15 is 0 Å². The molecular formula is C16H13N3O. The Bertz CT molecular complexity index is 833. The molecule has 0 N–H and O–H groups in total. The lowest BCUT2D eigenvalue weighted by atomic mass is 10.2. The van der Waals surface area contributed by atoms with Crippen molar-refractivity contribution in [2.24, 2.45) is 7.05 Å². The number of Topliss-reactive ketones (excluding diaryl/α,β-unsaturated/α-hetero) is 1. The molecule has 20 heavy (non-hydrogen) atoms. The number of fused-ring (bicyclic) bond motifs is 1. The second kappa shape index (κ2) is 4.71. The Morgan fingerprint density at radius 1 is 1.25 bits per heavy atom. The van der Waals surface area contributed by atoms with Gasteiger partial charge < -0.3 is 9.13 Å². The molecule has 0 saturated carbocycles. The molecule has 0 aliphatic rings. The van der Waals surface area contributed by atoms with Crippen LogP contribution in [0.1, 0.15) is 15.9 Å². The Kier molecular flexibility index (Phi) is 2.88. The summed E-state index contributed by atoms with van der Waals surface area (Å²) in [7, 11) is 1.89. The quantitative estimate of drug-likeness (QED) is 0.682. The van der Waals surface area contributed by atoms with Gasteiger partial charge in [-0.25, -0.2) is 0 Å². The Morgan fingerprint density at radius 3 is 2.80 bits per heavy atom. The Hall–Kier alpha value is -2.80. The smallest absolute Gasteiger partial charge is 0.184 e. The van der Waals surface area contributed by atoms with E-state index < -0.39 is 0 Å². The van der Waals surface area contributed by atoms with Gasteiger partial charge >= 0.3 is 0 Å². The van der Waals surface area contributed by atoms with Crippen molar-refractivity contribution in [2.75, 3.05) is 0 Å². The largest absolute Gasteiger partial charge is 0.357 e. The van der Waals surface area contributed by atoms with Crippen molar-refractivity contribution in [3.05, 3.63) is 60.0 Å². The molecule has 2 heterocycles. The summed E-state index contributed by atoms with van der Waals surface area (Å²) < 4.78 is 3.77. The van der Waals surface area contributed by atoms with Gasteiger partial charge in [0.15, 0.2) is 5.78 Å². The Morgan fingerprint density at radius 2 is 2.10 bits per heavy atom. The first kappa shape index (κ1) is 12.2. The standard InChI is InChI=1S/C16H13N3O/c1-18-6-4-14(10-18)16(20)11-19-7-5-13-8-12(9-17)2-3-15(13)19/h2-8,10H,11H2,1H3. The van der Waals surface area contributed by atoms with Crippen LogP contribution in [0.3, 0.4) is 0 Å². The van der Waals surface area contributed by atoms with Gasteiger partial charge in [-0.2, -0.15) is 5.26 Å². The van der Waals surface area contributed by atoms with E-state index in [2.05, 4.69) is 6.07 Å². The van der Waals surface area contributed by atoms with E-state index in [0.29, 0.717) is 17.7 Å². The third kappa shape index (κ3) is 2.10. The van der Waals surface area contributed by atoms with Gasteiger partial charge in [-0.15, -0.1) is 0 Å². The van der Waals surface area contributed by atoms with Crippen LogP contribution in [0.25, 0.3) is 10.9 Å². The maximum atomic E-state index is 12.2. The monoisotopic (exact) mass is 263 g/mol. The SMILES string of the molecule is Cn1ccc(C(=O)Cn2ccc3cc(C#N)ccc32)c1. The second-order valence-electron chi connectivity index (χ2n) is 4.82. The minimum absolute atomic E-state index is 0.0764. The third-order valence-corrected chi connectivity index (χ3v) is 3.37. The van der Waals surface area contributed by atoms with Crippen LogP contribution < -0.4 is 0 Å². The van der Waals surface area contributed by atoms with Crippen LogP contribution in [0.5, 0.6) is 0 Å². The number of aromatic nitrogens is 2. The highest BCUT2D eigenvalue weighted by atomic mass is 16.1. The van der Waals surface area contributed by atoms with Crippen LogP contribution in [0.15, 0.2) is 48.9 Å². The van der Waals surface area contributed by atoms with Gasteiger partial charge in [-0.1, -0.05) is 0 Å². The number of hydrogen-bond donors (Lipinski definition) is 0. The van der Waals surface area contributed by atoms with Crippen LogP contribution >= 0.6 is 0 Å². The van der Waals surface area contributed by atoms with E-state index in [9.17, 15) is 4.79 Å². The molecule has 3 aromatic rings. The molecule has 2 aromatic heterocycles. The number of nitrogens with zero attached hydrogens (tertiary/aromatic N) is 3. The first-order valence-electron chi connectivity index (χ1n) is 6.31. The van der Waals surface area contributed by atoms with E-state index in [-0.39, 0.29) is 5.78 Å². The van der Waals surface area contributed by atoms with E-state index in [0.717, 1.165) is 10.9 Å². The average Bonchev–Trinajstić information content (AvgIpc) is 3.05. The summed E-state index contributed by atoms with van der Waals surface area (Å²) in [5.74, 6) is 0.0764. The van der Waals surface area contributed by atoms with E-state index in [1.807, 2.05) is 59.0 Å². The minimum Gasteiger partial charge on any atom is -0.357 e. The minimum atomic E-state index is 0.0764. The number of rotatable bonds is 3. The molecule has 0 unspecified atom stereocenters. The zero-order chi connectivity index (χ0) is 14.1. The van der Waals surface area contributed by atoms with E-state index in [1.165, 1.54) is 0 Å². The summed E-state index contributed by atoms with van der Waals surface area (Å²) >= 11 is 0. The van der Waals surface area contributed by atoms with Gasteiger partial charge in [0.1, 0.15) is 0 Å². The molecule has 0 saturated heterocycles. The lowest BCUT2D eigenvalue weighted by molar-refractivity contribution is 0.0973. The number of carbonyl (C=O) groups excluding carboxylic acids is 1. The molecule has 0 radical (unpaired) electrons. The van der Waals surface area contributed by atoms with Gasteiger partial charge in [0.25, 0.3) is 0 Å². The number of aryl methyl sites for hydroxylation is 1. The summed E-state index contributed by atoms with van der Waals surface area (Å²) in [5, 5.41) is 9.86. The van der Waals surface area contributed by atoms with Crippen LogP contribution in [-0.4, -0.2) is 14.9 Å². The molecule has 0 amide bonds. The number of hydrogen-bond acceptors (Lipinski definition) is 2. The van der Waals surface area contributed by atoms with Crippen molar-refractivity contribution in [3.63, 3.8) is 0 Å². The van der Waals surface area contributed by atoms with Gasteiger partial charge in [0.05, 0.1) is 18.2 Å². The number of benzene rings is 1. The predicted molar refractivity (Wildman–Crippen MR) is 76.4 cm³/mol. The highest BCUT2D eigenvalue weighted by molar-refractivity contribution is 5.96. The lowest BCUT2D eigenvalue weighted by Crippen LogP contribution is -2.08. The molecule has 1 aromatic carbocycles. The second-order valence-corrected chi connectivity index (χ2v) is 4.82. The summed E-state index contributed by atoms with van der Waals surface area (Å²) in [6.07, 6.45) is 5.56. The van der Waals surface area contributed by atoms with Crippen molar-refractivity contribution in [1.82, 2.24) is 9.13 Å². The van der Waals surface area contributed by atoms with Crippen molar-refractivity contribution in [2.45, 2.75) is 6.54 Å². The maximum absolute atomic E-state index is 12.2. The molecule has 0 fully saturated rings. The number of nitriles is 1. The van der Waals surface area contributed by atoms with Crippen molar-refractivity contribution in [3.8, 4) is 6.07 Å². The van der Waals surface area contributed by atoms with Crippen LogP contribution in [0.2, 0.25) is 0 Å². The lowest BCUT2D eigenvalue weighted by Gasteiger charge is -2.03. The predicted octanol–water partition coefficient (Wildman–Crippen LogP) is 2.73. The molecule has 3 rings (SSSR count). The molecule has 0 aliphatic carbocycles. The summed E-state index contributed by atoms with van der Waals surface area (Å²) in [4.78, 5) is 12.2. The van der Waals surface area contributed by atoms with Gasteiger partial charge in [-0.05, 0) is 30.3 Å². The zero-order valence-electron chi connectivity index (χ0n) is 11.1. The molecule has 0 spiro atoms. The van der Waals surface area contributed by atoms with E-state index in [4.69, 9.17) is 5.26 Å². The Balaban J connectivity index is 1.92. The third-order valence-electron chi connectivity index (χ3n) is 3.37. The fourth-order valence-electron chi connectivity index (χ4n) is 2.32. The first-order valence-corrected chi connectivity index (χ1v) is 6.31. The fourth-order valence-corrected chi connectivity index (χ4v) is 2.32. The number of carbonyl (C=O) groups is 1. The topological polar surface area (TPSA) is 50.7 Å². The molecule has 0 bridgehead atoms. The molecule has 98 valence electrons. The van der Waals surface area contributed by atoms with E-state index in [1.54, 1.807) is 6.07 Å². The number of ketones is 1. The van der Waals surface area contributed by atoms with Crippen molar-refractivity contribution in [1.29, 1.82) is 5.26 Å². The molecule has 4 nitrogen and oxygen atoms in total. The summed E-state index contributed by atoms with van der Waals surface area (Å²) in [6, 6.07) is 11.3. The van der Waals surface area contributed by atoms with Crippen molar-refractivity contribution >= 4 is 16.7 Å². The van der Waals surface area contributed by atoms with Crippen LogP contribution in [0, 0.1) is 11.3 Å². The van der Waals surface area contributed by atoms with Gasteiger partial charge in [-0.3, -0.25) is 4.79 Å². The zero-order valence-corrected chi connectivity index (χ0v) is 11.1. The highest BCUT2D eigenvalue weighted by Gasteiger charge is 2.10. The molecule has 0 atom stereocenters.